The molecule has 0 radical (unpaired) electrons. The number of nitrogens with one attached hydrogen (secondary N) is 1. The van der Waals surface area contributed by atoms with Crippen LogP contribution in [0.4, 0.5) is 5.82 Å². The highest BCUT2D eigenvalue weighted by atomic mass is 15.0. The Morgan fingerprint density at radius 3 is 2.71 bits per heavy atom. The van der Waals surface area contributed by atoms with Crippen LogP contribution < -0.4 is 11.1 Å². The van der Waals surface area contributed by atoms with Crippen LogP contribution in [-0.2, 0) is 0 Å². The van der Waals surface area contributed by atoms with Gasteiger partial charge in [0.15, 0.2) is 5.82 Å². The number of nitrogens with zero attached hydrogens (tertiary/aromatic N) is 4. The molecular formula is C22H26N6. The lowest BCUT2D eigenvalue weighted by Crippen LogP contribution is -2.26. The lowest BCUT2D eigenvalue weighted by atomic mass is 9.81. The van der Waals surface area contributed by atoms with Crippen molar-refractivity contribution >= 4 is 5.82 Å². The molecule has 0 saturated heterocycles. The molecule has 3 heterocycles. The summed E-state index contributed by atoms with van der Waals surface area (Å²) in [5, 5.41) is 3.54. The first-order valence-electron chi connectivity index (χ1n) is 9.96. The predicted octanol–water partition coefficient (Wildman–Crippen LogP) is 3.78. The zero-order valence-corrected chi connectivity index (χ0v) is 16.0. The van der Waals surface area contributed by atoms with Crippen molar-refractivity contribution in [2.45, 2.75) is 25.7 Å². The molecule has 3 N–H and O–H groups in total. The predicted molar refractivity (Wildman–Crippen MR) is 111 cm³/mol. The summed E-state index contributed by atoms with van der Waals surface area (Å²) in [5.41, 5.74) is 8.45. The molecule has 2 unspecified atom stereocenters. The van der Waals surface area contributed by atoms with Crippen molar-refractivity contribution < 1.29 is 0 Å². The fourth-order valence-corrected chi connectivity index (χ4v) is 3.86. The summed E-state index contributed by atoms with van der Waals surface area (Å²) >= 11 is 0. The first-order valence-corrected chi connectivity index (χ1v) is 9.96. The quantitative estimate of drug-likeness (QED) is 0.682. The van der Waals surface area contributed by atoms with Crippen molar-refractivity contribution in [2.24, 2.45) is 17.6 Å². The molecule has 0 amide bonds. The summed E-state index contributed by atoms with van der Waals surface area (Å²) < 4.78 is 0. The van der Waals surface area contributed by atoms with Gasteiger partial charge in [0.05, 0.1) is 5.69 Å². The van der Waals surface area contributed by atoms with Gasteiger partial charge in [0.1, 0.15) is 11.5 Å². The number of hydrogen-bond acceptors (Lipinski definition) is 6. The molecule has 4 rings (SSSR count). The zero-order chi connectivity index (χ0) is 19.2. The number of anilines is 1. The normalized spacial score (nSPS) is 19.3. The van der Waals surface area contributed by atoms with E-state index in [0.717, 1.165) is 35.9 Å². The van der Waals surface area contributed by atoms with Gasteiger partial charge < -0.3 is 11.1 Å². The third kappa shape index (κ3) is 4.51. The van der Waals surface area contributed by atoms with Gasteiger partial charge in [-0.05, 0) is 61.9 Å². The Morgan fingerprint density at radius 1 is 1.00 bits per heavy atom. The maximum atomic E-state index is 5.89. The topological polar surface area (TPSA) is 89.6 Å². The molecule has 0 aliphatic heterocycles. The van der Waals surface area contributed by atoms with Gasteiger partial charge in [-0.3, -0.25) is 9.97 Å². The first kappa shape index (κ1) is 18.5. The van der Waals surface area contributed by atoms with Crippen LogP contribution in [0, 0.1) is 11.8 Å². The molecule has 0 aromatic carbocycles. The maximum absolute atomic E-state index is 5.89. The van der Waals surface area contributed by atoms with Crippen molar-refractivity contribution in [3.8, 4) is 22.8 Å². The molecule has 3 aromatic rings. The summed E-state index contributed by atoms with van der Waals surface area (Å²) in [5.74, 6) is 2.73. The lowest BCUT2D eigenvalue weighted by Gasteiger charge is -2.28. The fraction of sp³-hybridized carbons (Fsp3) is 0.364. The second-order valence-electron chi connectivity index (χ2n) is 7.43. The van der Waals surface area contributed by atoms with E-state index in [1.807, 2.05) is 42.6 Å². The SMILES string of the molecule is NCC1CCCC(CNc2cc(-c3cccnc3)nc(-c3ccccn3)n2)C1. The Bertz CT molecular complexity index is 826. The van der Waals surface area contributed by atoms with Gasteiger partial charge in [-0.25, -0.2) is 9.97 Å². The molecule has 1 saturated carbocycles. The highest BCUT2D eigenvalue weighted by molar-refractivity contribution is 5.65. The average molecular weight is 374 g/mol. The largest absolute Gasteiger partial charge is 0.370 e. The van der Waals surface area contributed by atoms with Crippen LogP contribution in [-0.4, -0.2) is 33.0 Å². The minimum atomic E-state index is 0.618. The lowest BCUT2D eigenvalue weighted by molar-refractivity contribution is 0.281. The van der Waals surface area contributed by atoms with Crippen molar-refractivity contribution in [3.05, 3.63) is 55.0 Å². The second kappa shape index (κ2) is 8.89. The van der Waals surface area contributed by atoms with E-state index in [1.54, 1.807) is 12.4 Å². The third-order valence-electron chi connectivity index (χ3n) is 5.37. The molecule has 6 nitrogen and oxygen atoms in total. The van der Waals surface area contributed by atoms with Crippen molar-refractivity contribution in [3.63, 3.8) is 0 Å². The Balaban J connectivity index is 1.59. The molecule has 3 aromatic heterocycles. The van der Waals surface area contributed by atoms with Gasteiger partial charge in [-0.2, -0.15) is 0 Å². The van der Waals surface area contributed by atoms with E-state index in [-0.39, 0.29) is 0 Å². The molecule has 1 fully saturated rings. The Hall–Kier alpha value is -2.86. The number of pyridine rings is 2. The van der Waals surface area contributed by atoms with E-state index in [2.05, 4.69) is 15.3 Å². The van der Waals surface area contributed by atoms with Crippen LogP contribution >= 0.6 is 0 Å². The van der Waals surface area contributed by atoms with E-state index >= 15 is 0 Å². The highest BCUT2D eigenvalue weighted by Crippen LogP contribution is 2.29. The Morgan fingerprint density at radius 2 is 1.93 bits per heavy atom. The van der Waals surface area contributed by atoms with Crippen LogP contribution in [0.3, 0.4) is 0 Å². The third-order valence-corrected chi connectivity index (χ3v) is 5.37. The smallest absolute Gasteiger partial charge is 0.180 e. The standard InChI is InChI=1S/C22H26N6/c23-13-16-5-3-6-17(11-16)14-26-21-12-20(18-7-4-9-24-15-18)27-22(28-21)19-8-1-2-10-25-19/h1-2,4,7-10,12,15-17H,3,5-6,11,13-14,23H2,(H,26,27,28). The summed E-state index contributed by atoms with van der Waals surface area (Å²) in [7, 11) is 0. The van der Waals surface area contributed by atoms with Gasteiger partial charge in [0.2, 0.25) is 0 Å². The molecule has 0 bridgehead atoms. The van der Waals surface area contributed by atoms with Gasteiger partial charge in [0, 0.05) is 36.8 Å². The monoisotopic (exact) mass is 374 g/mol. The van der Waals surface area contributed by atoms with Crippen molar-refractivity contribution in [2.75, 3.05) is 18.4 Å². The summed E-state index contributed by atoms with van der Waals surface area (Å²) in [6.45, 7) is 1.70. The minimum Gasteiger partial charge on any atom is -0.370 e. The van der Waals surface area contributed by atoms with Crippen LogP contribution in [0.2, 0.25) is 0 Å². The molecule has 2 atom stereocenters. The van der Waals surface area contributed by atoms with Gasteiger partial charge >= 0.3 is 0 Å². The van der Waals surface area contributed by atoms with Gasteiger partial charge in [-0.15, -0.1) is 0 Å². The Kier molecular flexibility index (Phi) is 5.87. The van der Waals surface area contributed by atoms with Crippen molar-refractivity contribution in [1.29, 1.82) is 0 Å². The molecule has 6 heteroatoms. The maximum Gasteiger partial charge on any atom is 0.180 e. The molecule has 144 valence electrons. The highest BCUT2D eigenvalue weighted by Gasteiger charge is 2.21. The minimum absolute atomic E-state index is 0.618. The Labute approximate surface area is 165 Å². The van der Waals surface area contributed by atoms with E-state index in [4.69, 9.17) is 15.7 Å². The number of nitrogens with two attached hydrogens (primary N) is 1. The van der Waals surface area contributed by atoms with E-state index in [9.17, 15) is 0 Å². The van der Waals surface area contributed by atoms with Crippen LogP contribution in [0.25, 0.3) is 22.8 Å². The van der Waals surface area contributed by atoms with E-state index < -0.39 is 0 Å². The van der Waals surface area contributed by atoms with E-state index in [0.29, 0.717) is 17.7 Å². The second-order valence-corrected chi connectivity index (χ2v) is 7.43. The van der Waals surface area contributed by atoms with Crippen LogP contribution in [0.5, 0.6) is 0 Å². The zero-order valence-electron chi connectivity index (χ0n) is 16.0. The molecule has 28 heavy (non-hydrogen) atoms. The number of hydrogen-bond donors (Lipinski definition) is 2. The summed E-state index contributed by atoms with van der Waals surface area (Å²) in [4.78, 5) is 18.1. The van der Waals surface area contributed by atoms with Gasteiger partial charge in [-0.1, -0.05) is 12.5 Å². The molecule has 1 aliphatic rings. The summed E-state index contributed by atoms with van der Waals surface area (Å²) in [6.07, 6.45) is 10.3. The fourth-order valence-electron chi connectivity index (χ4n) is 3.86. The molecule has 0 spiro atoms. The summed E-state index contributed by atoms with van der Waals surface area (Å²) in [6, 6.07) is 11.7. The number of rotatable bonds is 6. The van der Waals surface area contributed by atoms with Crippen molar-refractivity contribution in [1.82, 2.24) is 19.9 Å². The first-order chi connectivity index (χ1) is 13.8. The average Bonchev–Trinajstić information content (AvgIpc) is 2.79. The number of aromatic nitrogens is 4. The molecular weight excluding hydrogens is 348 g/mol. The van der Waals surface area contributed by atoms with Gasteiger partial charge in [0.25, 0.3) is 0 Å². The molecule has 1 aliphatic carbocycles. The van der Waals surface area contributed by atoms with Crippen LogP contribution in [0.15, 0.2) is 55.0 Å². The van der Waals surface area contributed by atoms with E-state index in [1.165, 1.54) is 25.7 Å². The van der Waals surface area contributed by atoms with Crippen LogP contribution in [0.1, 0.15) is 25.7 Å².